The summed E-state index contributed by atoms with van der Waals surface area (Å²) in [6.07, 6.45) is 1.13. The maximum absolute atomic E-state index is 11.9. The molecule has 0 spiro atoms. The highest BCUT2D eigenvalue weighted by atomic mass is 35.5. The number of rotatable bonds is 2. The molecule has 2 rings (SSSR count). The number of aromatic nitrogens is 2. The number of halogens is 1. The molecule has 0 aliphatic carbocycles. The number of nitrogens with zero attached hydrogens (tertiary/aromatic N) is 4. The molecule has 0 saturated carbocycles. The summed E-state index contributed by atoms with van der Waals surface area (Å²) < 4.78 is 5.34. The SMILES string of the molecule is CN(C(=O)OC(C)(C)C)C1CN(c2cc(Cl)ncn2)C1. The first kappa shape index (κ1) is 14.8. The summed E-state index contributed by atoms with van der Waals surface area (Å²) in [4.78, 5) is 23.6. The van der Waals surface area contributed by atoms with Gasteiger partial charge < -0.3 is 14.5 Å². The van der Waals surface area contributed by atoms with E-state index in [-0.39, 0.29) is 12.1 Å². The van der Waals surface area contributed by atoms with Gasteiger partial charge in [-0.15, -0.1) is 0 Å². The van der Waals surface area contributed by atoms with Crippen LogP contribution in [0.15, 0.2) is 12.4 Å². The van der Waals surface area contributed by atoms with Crippen LogP contribution >= 0.6 is 11.6 Å². The van der Waals surface area contributed by atoms with Gasteiger partial charge in [-0.2, -0.15) is 0 Å². The standard InChI is InChI=1S/C13H19ClN4O2/c1-13(2,3)20-12(19)17(4)9-6-18(7-9)11-5-10(14)15-8-16-11/h5,8-9H,6-7H2,1-4H3. The van der Waals surface area contributed by atoms with E-state index in [4.69, 9.17) is 16.3 Å². The summed E-state index contributed by atoms with van der Waals surface area (Å²) in [5.41, 5.74) is -0.477. The monoisotopic (exact) mass is 298 g/mol. The second kappa shape index (κ2) is 5.44. The molecule has 0 atom stereocenters. The number of carbonyl (C=O) groups is 1. The van der Waals surface area contributed by atoms with E-state index in [1.807, 2.05) is 25.7 Å². The topological polar surface area (TPSA) is 58.6 Å². The third kappa shape index (κ3) is 3.50. The molecule has 0 radical (unpaired) electrons. The van der Waals surface area contributed by atoms with Gasteiger partial charge in [-0.25, -0.2) is 14.8 Å². The van der Waals surface area contributed by atoms with Gasteiger partial charge in [0.1, 0.15) is 22.9 Å². The Kier molecular flexibility index (Phi) is 4.04. The third-order valence-corrected chi connectivity index (χ3v) is 3.24. The molecule has 110 valence electrons. The molecule has 7 heteroatoms. The number of ether oxygens (including phenoxy) is 1. The van der Waals surface area contributed by atoms with Gasteiger partial charge in [0.2, 0.25) is 0 Å². The lowest BCUT2D eigenvalue weighted by Crippen LogP contribution is -2.60. The molecule has 0 aromatic carbocycles. The van der Waals surface area contributed by atoms with E-state index in [0.29, 0.717) is 18.2 Å². The first-order valence-electron chi connectivity index (χ1n) is 6.44. The van der Waals surface area contributed by atoms with Crippen LogP contribution in [0.2, 0.25) is 5.15 Å². The van der Waals surface area contributed by atoms with E-state index in [2.05, 4.69) is 9.97 Å². The van der Waals surface area contributed by atoms with E-state index < -0.39 is 5.60 Å². The summed E-state index contributed by atoms with van der Waals surface area (Å²) in [6, 6.07) is 1.84. The number of anilines is 1. The number of likely N-dealkylation sites (N-methyl/N-ethyl adjacent to an activating group) is 1. The first-order valence-corrected chi connectivity index (χ1v) is 6.82. The summed E-state index contributed by atoms with van der Waals surface area (Å²) in [6.45, 7) is 6.99. The average Bonchev–Trinajstić information content (AvgIpc) is 2.24. The van der Waals surface area contributed by atoms with Gasteiger partial charge in [0.05, 0.1) is 6.04 Å². The molecule has 1 saturated heterocycles. The molecule has 20 heavy (non-hydrogen) atoms. The summed E-state index contributed by atoms with van der Waals surface area (Å²) in [5, 5.41) is 0.416. The van der Waals surface area contributed by atoms with E-state index >= 15 is 0 Å². The van der Waals surface area contributed by atoms with Crippen LogP contribution in [-0.4, -0.2) is 52.7 Å². The third-order valence-electron chi connectivity index (χ3n) is 3.03. The Hall–Kier alpha value is -1.56. The fourth-order valence-corrected chi connectivity index (χ4v) is 2.01. The van der Waals surface area contributed by atoms with Crippen LogP contribution in [0.4, 0.5) is 10.6 Å². The van der Waals surface area contributed by atoms with Crippen molar-refractivity contribution in [2.24, 2.45) is 0 Å². The molecule has 1 aliphatic heterocycles. The van der Waals surface area contributed by atoms with Gasteiger partial charge in [-0.1, -0.05) is 11.6 Å². The highest BCUT2D eigenvalue weighted by Gasteiger charge is 2.35. The predicted molar refractivity (Wildman–Crippen MR) is 77.0 cm³/mol. The fraction of sp³-hybridized carbons (Fsp3) is 0.615. The Morgan fingerprint density at radius 1 is 1.45 bits per heavy atom. The van der Waals surface area contributed by atoms with Crippen molar-refractivity contribution in [2.75, 3.05) is 25.0 Å². The molecule has 6 nitrogen and oxygen atoms in total. The smallest absolute Gasteiger partial charge is 0.410 e. The molecular weight excluding hydrogens is 280 g/mol. The lowest BCUT2D eigenvalue weighted by atomic mass is 10.1. The lowest BCUT2D eigenvalue weighted by molar-refractivity contribution is 0.0196. The van der Waals surface area contributed by atoms with Gasteiger partial charge in [0, 0.05) is 26.2 Å². The molecule has 1 aromatic heterocycles. The molecule has 0 N–H and O–H groups in total. The van der Waals surface area contributed by atoms with Crippen LogP contribution in [0.1, 0.15) is 20.8 Å². The van der Waals surface area contributed by atoms with Crippen LogP contribution in [0, 0.1) is 0 Å². The zero-order valence-corrected chi connectivity index (χ0v) is 12.9. The zero-order chi connectivity index (χ0) is 14.9. The van der Waals surface area contributed by atoms with E-state index in [1.54, 1.807) is 18.0 Å². The van der Waals surface area contributed by atoms with Crippen LogP contribution in [0.5, 0.6) is 0 Å². The van der Waals surface area contributed by atoms with Crippen molar-refractivity contribution in [2.45, 2.75) is 32.4 Å². The molecular formula is C13H19ClN4O2. The summed E-state index contributed by atoms with van der Waals surface area (Å²) >= 11 is 5.83. The van der Waals surface area contributed by atoms with Crippen molar-refractivity contribution in [3.63, 3.8) is 0 Å². The first-order chi connectivity index (χ1) is 9.26. The number of hydrogen-bond donors (Lipinski definition) is 0. The van der Waals surface area contributed by atoms with E-state index in [9.17, 15) is 4.79 Å². The Morgan fingerprint density at radius 2 is 2.10 bits per heavy atom. The van der Waals surface area contributed by atoms with Crippen molar-refractivity contribution in [1.29, 1.82) is 0 Å². The van der Waals surface area contributed by atoms with Crippen LogP contribution in [0.3, 0.4) is 0 Å². The largest absolute Gasteiger partial charge is 0.444 e. The van der Waals surface area contributed by atoms with Gasteiger partial charge in [0.15, 0.2) is 0 Å². The summed E-state index contributed by atoms with van der Waals surface area (Å²) in [5.74, 6) is 0.777. The van der Waals surface area contributed by atoms with Crippen molar-refractivity contribution in [3.05, 3.63) is 17.5 Å². The van der Waals surface area contributed by atoms with Gasteiger partial charge in [-0.3, -0.25) is 0 Å². The average molecular weight is 299 g/mol. The lowest BCUT2D eigenvalue weighted by Gasteiger charge is -2.44. The molecule has 1 aromatic rings. The zero-order valence-electron chi connectivity index (χ0n) is 12.1. The van der Waals surface area contributed by atoms with Gasteiger partial charge in [0.25, 0.3) is 0 Å². The van der Waals surface area contributed by atoms with Crippen LogP contribution < -0.4 is 4.90 Å². The van der Waals surface area contributed by atoms with Crippen molar-refractivity contribution in [1.82, 2.24) is 14.9 Å². The van der Waals surface area contributed by atoms with E-state index in [0.717, 1.165) is 5.82 Å². The molecule has 1 aliphatic rings. The molecule has 1 amide bonds. The minimum atomic E-state index is -0.477. The highest BCUT2D eigenvalue weighted by Crippen LogP contribution is 2.23. The number of carbonyl (C=O) groups excluding carboxylic acids is 1. The van der Waals surface area contributed by atoms with E-state index in [1.165, 1.54) is 6.33 Å². The van der Waals surface area contributed by atoms with Gasteiger partial charge in [-0.05, 0) is 20.8 Å². The minimum absolute atomic E-state index is 0.124. The number of amides is 1. The molecule has 2 heterocycles. The maximum atomic E-state index is 11.9. The van der Waals surface area contributed by atoms with Crippen molar-refractivity contribution >= 4 is 23.5 Å². The van der Waals surface area contributed by atoms with Crippen LogP contribution in [-0.2, 0) is 4.74 Å². The maximum Gasteiger partial charge on any atom is 0.410 e. The second-order valence-electron chi connectivity index (χ2n) is 5.85. The second-order valence-corrected chi connectivity index (χ2v) is 6.24. The molecule has 0 unspecified atom stereocenters. The Bertz CT molecular complexity index is 497. The quantitative estimate of drug-likeness (QED) is 0.783. The number of hydrogen-bond acceptors (Lipinski definition) is 5. The van der Waals surface area contributed by atoms with Crippen molar-refractivity contribution < 1.29 is 9.53 Å². The highest BCUT2D eigenvalue weighted by molar-refractivity contribution is 6.29. The molecule has 1 fully saturated rings. The summed E-state index contributed by atoms with van der Waals surface area (Å²) in [7, 11) is 1.75. The molecule has 0 bridgehead atoms. The van der Waals surface area contributed by atoms with Gasteiger partial charge >= 0.3 is 6.09 Å². The Morgan fingerprint density at radius 3 is 2.65 bits per heavy atom. The Balaban J connectivity index is 1.88. The normalized spacial score (nSPS) is 15.8. The predicted octanol–water partition coefficient (Wildman–Crippen LogP) is 2.19. The minimum Gasteiger partial charge on any atom is -0.444 e. The Labute approximate surface area is 123 Å². The fourth-order valence-electron chi connectivity index (χ4n) is 1.87. The van der Waals surface area contributed by atoms with Crippen molar-refractivity contribution in [3.8, 4) is 0 Å². The van der Waals surface area contributed by atoms with Crippen LogP contribution in [0.25, 0.3) is 0 Å².